The predicted molar refractivity (Wildman–Crippen MR) is 81.3 cm³/mol. The van der Waals surface area contributed by atoms with E-state index in [1.165, 1.54) is 25.0 Å². The number of aryl methyl sites for hydroxylation is 1. The van der Waals surface area contributed by atoms with Crippen LogP contribution in [0.25, 0.3) is 0 Å². The van der Waals surface area contributed by atoms with Gasteiger partial charge in [-0.05, 0) is 57.5 Å². The highest BCUT2D eigenvalue weighted by molar-refractivity contribution is 7.89. The molecule has 0 spiro atoms. The van der Waals surface area contributed by atoms with Crippen LogP contribution in [0.15, 0.2) is 23.1 Å². The number of rotatable bonds is 6. The standard InChI is InChI=1S/C15H21N3O2S/c1-11-8-15(7-4-13(11)9-16)21(19,20)17-10-12(2)18(3)14-5-6-14/h4,7-8,12,14,17H,5-6,10H2,1-3H3. The molecule has 1 aromatic rings. The number of hydrogen-bond acceptors (Lipinski definition) is 4. The third-order valence-electron chi connectivity index (χ3n) is 4.02. The van der Waals surface area contributed by atoms with Crippen molar-refractivity contribution >= 4 is 10.0 Å². The van der Waals surface area contributed by atoms with E-state index in [9.17, 15) is 8.42 Å². The van der Waals surface area contributed by atoms with Gasteiger partial charge in [-0.25, -0.2) is 13.1 Å². The number of sulfonamides is 1. The normalized spacial score (nSPS) is 16.7. The fourth-order valence-electron chi connectivity index (χ4n) is 2.23. The Morgan fingerprint density at radius 3 is 2.67 bits per heavy atom. The van der Waals surface area contributed by atoms with Gasteiger partial charge in [-0.2, -0.15) is 5.26 Å². The van der Waals surface area contributed by atoms with Gasteiger partial charge in [0.2, 0.25) is 10.0 Å². The second kappa shape index (κ2) is 6.14. The summed E-state index contributed by atoms with van der Waals surface area (Å²) in [6.07, 6.45) is 2.39. The summed E-state index contributed by atoms with van der Waals surface area (Å²) in [5.74, 6) is 0. The van der Waals surface area contributed by atoms with E-state index in [0.717, 1.165) is 0 Å². The summed E-state index contributed by atoms with van der Waals surface area (Å²) < 4.78 is 27.2. The van der Waals surface area contributed by atoms with Crippen molar-refractivity contribution < 1.29 is 8.42 Å². The number of nitrogens with zero attached hydrogens (tertiary/aromatic N) is 2. The first-order valence-electron chi connectivity index (χ1n) is 7.07. The molecule has 0 radical (unpaired) electrons. The van der Waals surface area contributed by atoms with Crippen LogP contribution in [0.5, 0.6) is 0 Å². The van der Waals surface area contributed by atoms with Crippen LogP contribution < -0.4 is 4.72 Å². The Morgan fingerprint density at radius 1 is 1.48 bits per heavy atom. The highest BCUT2D eigenvalue weighted by atomic mass is 32.2. The summed E-state index contributed by atoms with van der Waals surface area (Å²) >= 11 is 0. The van der Waals surface area contributed by atoms with Crippen molar-refractivity contribution in [3.8, 4) is 6.07 Å². The summed E-state index contributed by atoms with van der Waals surface area (Å²) in [6.45, 7) is 4.14. The molecule has 1 N–H and O–H groups in total. The van der Waals surface area contributed by atoms with Gasteiger partial charge in [-0.15, -0.1) is 0 Å². The van der Waals surface area contributed by atoms with Crippen molar-refractivity contribution in [1.82, 2.24) is 9.62 Å². The van der Waals surface area contributed by atoms with E-state index in [1.54, 1.807) is 13.0 Å². The van der Waals surface area contributed by atoms with Crippen LogP contribution in [0, 0.1) is 18.3 Å². The molecule has 6 heteroatoms. The van der Waals surface area contributed by atoms with Gasteiger partial charge in [-0.3, -0.25) is 4.90 Å². The smallest absolute Gasteiger partial charge is 0.240 e. The zero-order valence-corrected chi connectivity index (χ0v) is 13.4. The Labute approximate surface area is 126 Å². The monoisotopic (exact) mass is 307 g/mol. The molecule has 21 heavy (non-hydrogen) atoms. The quantitative estimate of drug-likeness (QED) is 0.867. The molecule has 1 aliphatic carbocycles. The Bertz CT molecular complexity index is 660. The van der Waals surface area contributed by atoms with Crippen molar-refractivity contribution in [3.05, 3.63) is 29.3 Å². The molecule has 2 rings (SSSR count). The van der Waals surface area contributed by atoms with Crippen LogP contribution in [-0.2, 0) is 10.0 Å². The van der Waals surface area contributed by atoms with Crippen LogP contribution in [0.2, 0.25) is 0 Å². The van der Waals surface area contributed by atoms with Crippen molar-refractivity contribution in [3.63, 3.8) is 0 Å². The lowest BCUT2D eigenvalue weighted by molar-refractivity contribution is 0.248. The molecule has 1 atom stereocenters. The molecule has 1 aromatic carbocycles. The Morgan fingerprint density at radius 2 is 2.14 bits per heavy atom. The van der Waals surface area contributed by atoms with Gasteiger partial charge in [0.1, 0.15) is 0 Å². The highest BCUT2D eigenvalue weighted by Crippen LogP contribution is 2.26. The molecule has 1 aliphatic rings. The first kappa shape index (κ1) is 16.0. The van der Waals surface area contributed by atoms with Crippen LogP contribution in [0.1, 0.15) is 30.9 Å². The van der Waals surface area contributed by atoms with Gasteiger partial charge in [0.05, 0.1) is 16.5 Å². The average Bonchev–Trinajstić information content (AvgIpc) is 3.28. The topological polar surface area (TPSA) is 73.2 Å². The van der Waals surface area contributed by atoms with Crippen molar-refractivity contribution in [1.29, 1.82) is 5.26 Å². The largest absolute Gasteiger partial charge is 0.299 e. The first-order chi connectivity index (χ1) is 9.85. The minimum Gasteiger partial charge on any atom is -0.299 e. The third-order valence-corrected chi connectivity index (χ3v) is 5.44. The Kier molecular flexibility index (Phi) is 4.67. The predicted octanol–water partition coefficient (Wildman–Crippen LogP) is 1.63. The fourth-order valence-corrected chi connectivity index (χ4v) is 3.43. The number of benzene rings is 1. The fraction of sp³-hybridized carbons (Fsp3) is 0.533. The van der Waals surface area contributed by atoms with Gasteiger partial charge >= 0.3 is 0 Å². The number of hydrogen-bond donors (Lipinski definition) is 1. The molecular weight excluding hydrogens is 286 g/mol. The molecule has 0 amide bonds. The molecule has 0 bridgehead atoms. The second-order valence-corrected chi connectivity index (χ2v) is 7.45. The van der Waals surface area contributed by atoms with E-state index in [1.807, 2.05) is 20.0 Å². The van der Waals surface area contributed by atoms with E-state index >= 15 is 0 Å². The zero-order valence-electron chi connectivity index (χ0n) is 12.6. The van der Waals surface area contributed by atoms with Gasteiger partial charge in [0.25, 0.3) is 0 Å². The van der Waals surface area contributed by atoms with Gasteiger partial charge in [0.15, 0.2) is 0 Å². The maximum Gasteiger partial charge on any atom is 0.240 e. The minimum absolute atomic E-state index is 0.159. The average molecular weight is 307 g/mol. The maximum absolute atomic E-state index is 12.3. The lowest BCUT2D eigenvalue weighted by Crippen LogP contribution is -2.41. The molecule has 114 valence electrons. The molecule has 1 saturated carbocycles. The summed E-state index contributed by atoms with van der Waals surface area (Å²) in [5, 5.41) is 8.89. The zero-order chi connectivity index (χ0) is 15.6. The lowest BCUT2D eigenvalue weighted by atomic mass is 10.1. The van der Waals surface area contributed by atoms with Crippen molar-refractivity contribution in [2.45, 2.75) is 43.7 Å². The van der Waals surface area contributed by atoms with E-state index in [0.29, 0.717) is 23.7 Å². The minimum atomic E-state index is -3.53. The van der Waals surface area contributed by atoms with Gasteiger partial charge < -0.3 is 0 Å². The Balaban J connectivity index is 2.04. The Hall–Kier alpha value is -1.42. The number of nitrogens with one attached hydrogen (secondary N) is 1. The van der Waals surface area contributed by atoms with Crippen molar-refractivity contribution in [2.75, 3.05) is 13.6 Å². The number of likely N-dealkylation sites (N-methyl/N-ethyl adjacent to an activating group) is 1. The molecule has 0 aromatic heterocycles. The van der Waals surface area contributed by atoms with Crippen LogP contribution in [0.3, 0.4) is 0 Å². The summed E-state index contributed by atoms with van der Waals surface area (Å²) in [6, 6.07) is 7.35. The van der Waals surface area contributed by atoms with E-state index in [-0.39, 0.29) is 10.9 Å². The van der Waals surface area contributed by atoms with E-state index in [2.05, 4.69) is 9.62 Å². The van der Waals surface area contributed by atoms with Crippen LogP contribution in [0.4, 0.5) is 0 Å². The van der Waals surface area contributed by atoms with E-state index in [4.69, 9.17) is 5.26 Å². The van der Waals surface area contributed by atoms with Crippen LogP contribution >= 0.6 is 0 Å². The second-order valence-electron chi connectivity index (χ2n) is 5.69. The van der Waals surface area contributed by atoms with Crippen molar-refractivity contribution in [2.24, 2.45) is 0 Å². The summed E-state index contributed by atoms with van der Waals surface area (Å²) in [4.78, 5) is 2.42. The first-order valence-corrected chi connectivity index (χ1v) is 8.56. The van der Waals surface area contributed by atoms with E-state index < -0.39 is 10.0 Å². The molecule has 1 unspecified atom stereocenters. The molecule has 5 nitrogen and oxygen atoms in total. The molecule has 0 heterocycles. The lowest BCUT2D eigenvalue weighted by Gasteiger charge is -2.24. The molecular formula is C15H21N3O2S. The highest BCUT2D eigenvalue weighted by Gasteiger charge is 2.29. The summed E-state index contributed by atoms with van der Waals surface area (Å²) in [7, 11) is -1.50. The maximum atomic E-state index is 12.3. The van der Waals surface area contributed by atoms with Gasteiger partial charge in [-0.1, -0.05) is 0 Å². The summed E-state index contributed by atoms with van der Waals surface area (Å²) in [5.41, 5.74) is 1.17. The van der Waals surface area contributed by atoms with Gasteiger partial charge in [0, 0.05) is 18.6 Å². The van der Waals surface area contributed by atoms with Crippen LogP contribution in [-0.4, -0.2) is 39.0 Å². The molecule has 0 saturated heterocycles. The SMILES string of the molecule is Cc1cc(S(=O)(=O)NCC(C)N(C)C2CC2)ccc1C#N. The third kappa shape index (κ3) is 3.82. The number of nitriles is 1. The molecule has 0 aliphatic heterocycles. The molecule has 1 fully saturated rings.